The van der Waals surface area contributed by atoms with E-state index in [2.05, 4.69) is 0 Å². The molecule has 19 heavy (non-hydrogen) atoms. The Labute approximate surface area is 118 Å². The van der Waals surface area contributed by atoms with Crippen molar-refractivity contribution in [1.29, 1.82) is 0 Å². The van der Waals surface area contributed by atoms with Crippen molar-refractivity contribution < 1.29 is 14.2 Å². The Morgan fingerprint density at radius 1 is 1.42 bits per heavy atom. The number of likely N-dealkylation sites (N-methyl/N-ethyl adjacent to an activating group) is 1. The number of rotatable bonds is 7. The molecule has 0 saturated carbocycles. The monoisotopic (exact) mass is 289 g/mol. The minimum absolute atomic E-state index is 0.103. The second-order valence-electron chi connectivity index (χ2n) is 4.97. The van der Waals surface area contributed by atoms with Crippen LogP contribution < -0.4 is 0 Å². The van der Waals surface area contributed by atoms with Gasteiger partial charge in [0.15, 0.2) is 0 Å². The average molecular weight is 290 g/mol. The van der Waals surface area contributed by atoms with Crippen LogP contribution >= 0.6 is 11.6 Å². The summed E-state index contributed by atoms with van der Waals surface area (Å²) in [5.74, 6) is -0.346. The predicted octanol–water partition coefficient (Wildman–Crippen LogP) is 2.70. The summed E-state index contributed by atoms with van der Waals surface area (Å²) in [5, 5.41) is 10.2. The lowest BCUT2D eigenvalue weighted by Crippen LogP contribution is -2.32. The molecule has 0 fully saturated rings. The number of ether oxygens (including phenoxy) is 1. The molecule has 1 unspecified atom stereocenters. The molecule has 0 spiro atoms. The van der Waals surface area contributed by atoms with Crippen molar-refractivity contribution in [2.75, 3.05) is 20.2 Å². The van der Waals surface area contributed by atoms with Crippen LogP contribution in [-0.4, -0.2) is 42.4 Å². The number of aliphatic hydroxyl groups excluding tert-OH is 1. The molecule has 0 bridgehead atoms. The van der Waals surface area contributed by atoms with Gasteiger partial charge < -0.3 is 9.84 Å². The van der Waals surface area contributed by atoms with Gasteiger partial charge in [-0.2, -0.15) is 0 Å². The van der Waals surface area contributed by atoms with Crippen LogP contribution in [0.15, 0.2) is 18.2 Å². The molecule has 1 N–H and O–H groups in total. The standard InChI is InChI=1S/C14H21ClFNO2/c1-10(2)19-9-13(18)8-17(3)7-11-4-5-12(16)6-14(11)15/h4-6,10,13,18H,7-9H2,1-3H3. The summed E-state index contributed by atoms with van der Waals surface area (Å²) in [6.07, 6.45) is -0.446. The lowest BCUT2D eigenvalue weighted by molar-refractivity contribution is -0.00634. The van der Waals surface area contributed by atoms with Crippen LogP contribution in [0.2, 0.25) is 5.02 Å². The minimum atomic E-state index is -0.549. The largest absolute Gasteiger partial charge is 0.389 e. The van der Waals surface area contributed by atoms with Gasteiger partial charge in [0.1, 0.15) is 5.82 Å². The van der Waals surface area contributed by atoms with E-state index in [0.29, 0.717) is 24.7 Å². The van der Waals surface area contributed by atoms with Crippen LogP contribution in [0.5, 0.6) is 0 Å². The molecule has 1 aromatic rings. The molecule has 108 valence electrons. The van der Waals surface area contributed by atoms with Gasteiger partial charge in [0.05, 0.1) is 18.8 Å². The Balaban J connectivity index is 2.44. The highest BCUT2D eigenvalue weighted by Gasteiger charge is 2.11. The average Bonchev–Trinajstić information content (AvgIpc) is 2.30. The molecular weight excluding hydrogens is 269 g/mol. The maximum atomic E-state index is 12.9. The number of hydrogen-bond acceptors (Lipinski definition) is 3. The van der Waals surface area contributed by atoms with Crippen molar-refractivity contribution in [1.82, 2.24) is 4.90 Å². The molecule has 1 atom stereocenters. The van der Waals surface area contributed by atoms with Crippen molar-refractivity contribution in [3.63, 3.8) is 0 Å². The Hall–Kier alpha value is -0.680. The van der Waals surface area contributed by atoms with Crippen LogP contribution in [0.3, 0.4) is 0 Å². The van der Waals surface area contributed by atoms with Crippen LogP contribution in [0.1, 0.15) is 19.4 Å². The second kappa shape index (κ2) is 7.80. The van der Waals surface area contributed by atoms with Gasteiger partial charge in [-0.25, -0.2) is 4.39 Å². The van der Waals surface area contributed by atoms with Crippen LogP contribution in [-0.2, 0) is 11.3 Å². The Morgan fingerprint density at radius 3 is 2.68 bits per heavy atom. The third-order valence-electron chi connectivity index (χ3n) is 2.60. The molecule has 0 aliphatic heterocycles. The Kier molecular flexibility index (Phi) is 6.72. The molecule has 3 nitrogen and oxygen atoms in total. The molecule has 0 heterocycles. The highest BCUT2D eigenvalue weighted by atomic mass is 35.5. The van der Waals surface area contributed by atoms with E-state index in [-0.39, 0.29) is 11.9 Å². The fourth-order valence-electron chi connectivity index (χ4n) is 1.72. The van der Waals surface area contributed by atoms with E-state index in [1.807, 2.05) is 25.8 Å². The van der Waals surface area contributed by atoms with E-state index in [9.17, 15) is 9.50 Å². The predicted molar refractivity (Wildman–Crippen MR) is 74.8 cm³/mol. The lowest BCUT2D eigenvalue weighted by Gasteiger charge is -2.21. The van der Waals surface area contributed by atoms with Crippen molar-refractivity contribution in [3.05, 3.63) is 34.6 Å². The van der Waals surface area contributed by atoms with Gasteiger partial charge in [-0.1, -0.05) is 17.7 Å². The van der Waals surface area contributed by atoms with Gasteiger partial charge >= 0.3 is 0 Å². The van der Waals surface area contributed by atoms with E-state index in [4.69, 9.17) is 16.3 Å². The maximum absolute atomic E-state index is 12.9. The fraction of sp³-hybridized carbons (Fsp3) is 0.571. The summed E-state index contributed by atoms with van der Waals surface area (Å²) in [5.41, 5.74) is 0.836. The van der Waals surface area contributed by atoms with E-state index < -0.39 is 6.10 Å². The van der Waals surface area contributed by atoms with Gasteiger partial charge in [-0.3, -0.25) is 4.90 Å². The van der Waals surface area contributed by atoms with E-state index in [0.717, 1.165) is 5.56 Å². The molecule has 0 aliphatic rings. The molecule has 0 aromatic heterocycles. The summed E-state index contributed by atoms with van der Waals surface area (Å²) in [6, 6.07) is 4.33. The quantitative estimate of drug-likeness (QED) is 0.838. The van der Waals surface area contributed by atoms with Crippen LogP contribution in [0, 0.1) is 5.82 Å². The Morgan fingerprint density at radius 2 is 2.11 bits per heavy atom. The first-order valence-electron chi connectivity index (χ1n) is 6.30. The molecule has 0 amide bonds. The van der Waals surface area contributed by atoms with Crippen molar-refractivity contribution >= 4 is 11.6 Å². The first-order chi connectivity index (χ1) is 8.88. The zero-order valence-electron chi connectivity index (χ0n) is 11.6. The SMILES string of the molecule is CC(C)OCC(O)CN(C)Cc1ccc(F)cc1Cl. The molecule has 1 aromatic carbocycles. The highest BCUT2D eigenvalue weighted by Crippen LogP contribution is 2.18. The van der Waals surface area contributed by atoms with E-state index in [1.54, 1.807) is 6.07 Å². The number of hydrogen-bond donors (Lipinski definition) is 1. The first-order valence-corrected chi connectivity index (χ1v) is 6.68. The normalized spacial score (nSPS) is 13.3. The third-order valence-corrected chi connectivity index (χ3v) is 2.95. The summed E-state index contributed by atoms with van der Waals surface area (Å²) >= 11 is 5.96. The fourth-order valence-corrected chi connectivity index (χ4v) is 1.95. The number of aliphatic hydroxyl groups is 1. The second-order valence-corrected chi connectivity index (χ2v) is 5.38. The van der Waals surface area contributed by atoms with E-state index in [1.165, 1.54) is 12.1 Å². The molecule has 1 rings (SSSR count). The number of benzene rings is 1. The third kappa shape index (κ3) is 6.34. The zero-order valence-corrected chi connectivity index (χ0v) is 12.3. The summed E-state index contributed by atoms with van der Waals surface area (Å²) in [7, 11) is 1.87. The number of nitrogens with zero attached hydrogens (tertiary/aromatic N) is 1. The zero-order chi connectivity index (χ0) is 14.4. The van der Waals surface area contributed by atoms with Crippen molar-refractivity contribution in [3.8, 4) is 0 Å². The topological polar surface area (TPSA) is 32.7 Å². The molecular formula is C14H21ClFNO2. The van der Waals surface area contributed by atoms with Gasteiger partial charge in [0.25, 0.3) is 0 Å². The summed E-state index contributed by atoms with van der Waals surface area (Å²) in [6.45, 7) is 5.18. The van der Waals surface area contributed by atoms with Gasteiger partial charge in [-0.05, 0) is 38.6 Å². The first kappa shape index (κ1) is 16.4. The van der Waals surface area contributed by atoms with Crippen LogP contribution in [0.4, 0.5) is 4.39 Å². The Bertz CT molecular complexity index is 401. The molecule has 0 aliphatic carbocycles. The number of halogens is 2. The molecule has 0 radical (unpaired) electrons. The molecule has 0 saturated heterocycles. The molecule has 5 heteroatoms. The van der Waals surface area contributed by atoms with Crippen molar-refractivity contribution in [2.24, 2.45) is 0 Å². The smallest absolute Gasteiger partial charge is 0.124 e. The summed E-state index contributed by atoms with van der Waals surface area (Å²) in [4.78, 5) is 1.92. The summed E-state index contributed by atoms with van der Waals surface area (Å²) < 4.78 is 18.3. The van der Waals surface area contributed by atoms with Gasteiger partial charge in [0.2, 0.25) is 0 Å². The minimum Gasteiger partial charge on any atom is -0.389 e. The van der Waals surface area contributed by atoms with Gasteiger partial charge in [0, 0.05) is 18.1 Å². The van der Waals surface area contributed by atoms with E-state index >= 15 is 0 Å². The lowest BCUT2D eigenvalue weighted by atomic mass is 10.2. The van der Waals surface area contributed by atoms with Crippen molar-refractivity contribution in [2.45, 2.75) is 32.6 Å². The maximum Gasteiger partial charge on any atom is 0.124 e. The van der Waals surface area contributed by atoms with Gasteiger partial charge in [-0.15, -0.1) is 0 Å². The van der Waals surface area contributed by atoms with Crippen LogP contribution in [0.25, 0.3) is 0 Å². The highest BCUT2D eigenvalue weighted by molar-refractivity contribution is 6.31.